The van der Waals surface area contributed by atoms with E-state index in [4.69, 9.17) is 0 Å². The number of fused-ring (bicyclic) bond motifs is 1. The molecule has 0 saturated carbocycles. The van der Waals surface area contributed by atoms with Crippen LogP contribution in [0.25, 0.3) is 0 Å². The van der Waals surface area contributed by atoms with E-state index in [1.807, 2.05) is 13.8 Å². The summed E-state index contributed by atoms with van der Waals surface area (Å²) >= 11 is 0. The molecule has 0 radical (unpaired) electrons. The van der Waals surface area contributed by atoms with Gasteiger partial charge in [0.1, 0.15) is 5.82 Å². The minimum atomic E-state index is -4.50. The van der Waals surface area contributed by atoms with E-state index in [1.54, 1.807) is 0 Å². The molecule has 3 N–H and O–H groups in total. The van der Waals surface area contributed by atoms with Gasteiger partial charge in [0.05, 0.1) is 11.1 Å². The molecule has 4 rings (SSSR count). The Hall–Kier alpha value is -3.10. The van der Waals surface area contributed by atoms with Gasteiger partial charge < -0.3 is 5.32 Å². The van der Waals surface area contributed by atoms with E-state index < -0.39 is 28.9 Å². The molecule has 29 heavy (non-hydrogen) atoms. The summed E-state index contributed by atoms with van der Waals surface area (Å²) in [6.07, 6.45) is -3.75. The first kappa shape index (κ1) is 19.2. The largest absolute Gasteiger partial charge is 0.416 e. The highest BCUT2D eigenvalue weighted by Crippen LogP contribution is 2.47. The van der Waals surface area contributed by atoms with Crippen molar-refractivity contribution in [2.75, 3.05) is 5.32 Å². The number of hydrogen-bond donors (Lipinski definition) is 3. The van der Waals surface area contributed by atoms with E-state index in [2.05, 4.69) is 15.3 Å². The third-order valence-electron chi connectivity index (χ3n) is 5.32. The van der Waals surface area contributed by atoms with Crippen molar-refractivity contribution in [1.29, 1.82) is 0 Å². The van der Waals surface area contributed by atoms with E-state index in [0.29, 0.717) is 23.3 Å². The van der Waals surface area contributed by atoms with Gasteiger partial charge in [-0.1, -0.05) is 26.0 Å². The Morgan fingerprint density at radius 1 is 1.00 bits per heavy atom. The number of hydrogen-bond acceptors (Lipinski definition) is 4. The molecule has 1 atom stereocenters. The number of benzene rings is 1. The summed E-state index contributed by atoms with van der Waals surface area (Å²) in [6.45, 7) is 3.86. The van der Waals surface area contributed by atoms with Gasteiger partial charge in [0.15, 0.2) is 5.78 Å². The Kier molecular flexibility index (Phi) is 4.11. The molecular formula is C20H18F3N3O3. The highest BCUT2D eigenvalue weighted by Gasteiger charge is 2.42. The average Bonchev–Trinajstić information content (AvgIpc) is 2.58. The number of allylic oxidation sites excluding steroid dienone is 2. The molecule has 1 aromatic carbocycles. The number of carbonyl (C=O) groups is 1. The fourth-order valence-corrected chi connectivity index (χ4v) is 4.14. The van der Waals surface area contributed by atoms with E-state index in [0.717, 1.165) is 12.1 Å². The molecule has 0 saturated heterocycles. The summed E-state index contributed by atoms with van der Waals surface area (Å²) in [5, 5.41) is 3.01. The molecule has 1 aliphatic carbocycles. The molecule has 6 nitrogen and oxygen atoms in total. The first-order valence-corrected chi connectivity index (χ1v) is 9.03. The summed E-state index contributed by atoms with van der Waals surface area (Å²) in [6, 6.07) is 4.39. The fourth-order valence-electron chi connectivity index (χ4n) is 4.14. The number of anilines is 1. The maximum atomic E-state index is 13.0. The Morgan fingerprint density at radius 3 is 2.28 bits per heavy atom. The predicted molar refractivity (Wildman–Crippen MR) is 99.6 cm³/mol. The first-order chi connectivity index (χ1) is 13.5. The number of alkyl halides is 3. The van der Waals surface area contributed by atoms with Gasteiger partial charge in [-0.3, -0.25) is 19.6 Å². The second kappa shape index (κ2) is 6.20. The molecule has 2 heterocycles. The number of aromatic amines is 2. The van der Waals surface area contributed by atoms with Crippen molar-refractivity contribution in [1.82, 2.24) is 9.97 Å². The number of Topliss-reactive ketones (excluding diaryl/α,β-unsaturated/α-hetero) is 1. The van der Waals surface area contributed by atoms with Crippen molar-refractivity contribution in [2.24, 2.45) is 5.41 Å². The van der Waals surface area contributed by atoms with Crippen molar-refractivity contribution < 1.29 is 18.0 Å². The standard InChI is InChI=1S/C20H18F3N3O3/c1-19(2)7-11-14(12(27)8-19)13(9-3-5-10(6-4-9)20(21,22)23)15-16(24-11)25-18(29)26-17(15)28/h3-6,13H,7-8H2,1-2H3,(H3,24,25,26,28,29). The Balaban J connectivity index is 1.94. The number of H-pyrrole nitrogens is 2. The summed E-state index contributed by atoms with van der Waals surface area (Å²) in [5.74, 6) is -0.884. The lowest BCUT2D eigenvalue weighted by atomic mass is 9.69. The van der Waals surface area contributed by atoms with Crippen LogP contribution in [-0.2, 0) is 11.0 Å². The lowest BCUT2D eigenvalue weighted by molar-refractivity contribution is -0.137. The molecule has 1 aliphatic heterocycles. The molecule has 0 fully saturated rings. The maximum absolute atomic E-state index is 13.0. The number of ketones is 1. The number of carbonyl (C=O) groups excluding carboxylic acids is 1. The highest BCUT2D eigenvalue weighted by molar-refractivity contribution is 6.01. The zero-order valence-corrected chi connectivity index (χ0v) is 15.7. The van der Waals surface area contributed by atoms with Gasteiger partial charge in [0.2, 0.25) is 0 Å². The monoisotopic (exact) mass is 405 g/mol. The topological polar surface area (TPSA) is 94.8 Å². The van der Waals surface area contributed by atoms with Crippen molar-refractivity contribution in [3.05, 3.63) is 73.1 Å². The zero-order chi connectivity index (χ0) is 21.1. The van der Waals surface area contributed by atoms with Gasteiger partial charge in [-0.25, -0.2) is 4.79 Å². The zero-order valence-electron chi connectivity index (χ0n) is 15.7. The summed E-state index contributed by atoms with van der Waals surface area (Å²) < 4.78 is 38.9. The molecule has 2 aromatic rings. The van der Waals surface area contributed by atoms with Crippen LogP contribution < -0.4 is 16.6 Å². The van der Waals surface area contributed by atoms with Crippen LogP contribution in [0, 0.1) is 5.41 Å². The first-order valence-electron chi connectivity index (χ1n) is 9.03. The lowest BCUT2D eigenvalue weighted by Crippen LogP contribution is -2.38. The fraction of sp³-hybridized carbons (Fsp3) is 0.350. The van der Waals surface area contributed by atoms with E-state index in [1.165, 1.54) is 12.1 Å². The predicted octanol–water partition coefficient (Wildman–Crippen LogP) is 3.28. The van der Waals surface area contributed by atoms with Crippen LogP contribution in [0.1, 0.15) is 49.3 Å². The quantitative estimate of drug-likeness (QED) is 0.679. The maximum Gasteiger partial charge on any atom is 0.416 e. The summed E-state index contributed by atoms with van der Waals surface area (Å²) in [4.78, 5) is 42.0. The molecule has 0 amide bonds. The number of rotatable bonds is 1. The van der Waals surface area contributed by atoms with E-state index in [-0.39, 0.29) is 29.0 Å². The van der Waals surface area contributed by atoms with Gasteiger partial charge in [-0.05, 0) is 29.5 Å². The number of halogens is 3. The Bertz CT molecular complexity index is 1150. The molecule has 1 unspecified atom stereocenters. The third-order valence-corrected chi connectivity index (χ3v) is 5.32. The smallest absolute Gasteiger partial charge is 0.344 e. The van der Waals surface area contributed by atoms with Crippen molar-refractivity contribution in [3.63, 3.8) is 0 Å². The van der Waals surface area contributed by atoms with Crippen molar-refractivity contribution >= 4 is 11.6 Å². The van der Waals surface area contributed by atoms with Gasteiger partial charge in [0.25, 0.3) is 5.56 Å². The van der Waals surface area contributed by atoms with Gasteiger partial charge in [-0.2, -0.15) is 13.2 Å². The molecule has 152 valence electrons. The molecule has 0 bridgehead atoms. The van der Waals surface area contributed by atoms with Crippen LogP contribution in [-0.4, -0.2) is 15.8 Å². The van der Waals surface area contributed by atoms with Gasteiger partial charge in [0, 0.05) is 23.6 Å². The molecule has 1 aromatic heterocycles. The second-order valence-electron chi connectivity index (χ2n) is 8.21. The average molecular weight is 405 g/mol. The van der Waals surface area contributed by atoms with Crippen LogP contribution >= 0.6 is 0 Å². The highest BCUT2D eigenvalue weighted by atomic mass is 19.4. The van der Waals surface area contributed by atoms with Crippen molar-refractivity contribution in [2.45, 2.75) is 38.8 Å². The van der Waals surface area contributed by atoms with Crippen LogP contribution in [0.15, 0.2) is 45.1 Å². The van der Waals surface area contributed by atoms with Crippen LogP contribution in [0.3, 0.4) is 0 Å². The van der Waals surface area contributed by atoms with Gasteiger partial charge >= 0.3 is 11.9 Å². The molecular weight excluding hydrogens is 387 g/mol. The number of nitrogens with one attached hydrogen (secondary N) is 3. The third kappa shape index (κ3) is 3.30. The lowest BCUT2D eigenvalue weighted by Gasteiger charge is -2.38. The van der Waals surface area contributed by atoms with Crippen LogP contribution in [0.4, 0.5) is 19.0 Å². The minimum absolute atomic E-state index is 0.108. The van der Waals surface area contributed by atoms with Gasteiger partial charge in [-0.15, -0.1) is 0 Å². The van der Waals surface area contributed by atoms with E-state index in [9.17, 15) is 27.6 Å². The normalized spacial score (nSPS) is 20.7. The SMILES string of the molecule is CC1(C)CC(=O)C2=C(C1)Nc1[nH]c(=O)[nH]c(=O)c1C2c1ccc(C(F)(F)F)cc1. The van der Waals surface area contributed by atoms with Crippen LogP contribution in [0.5, 0.6) is 0 Å². The Labute approximate surface area is 162 Å². The minimum Gasteiger partial charge on any atom is -0.344 e. The second-order valence-corrected chi connectivity index (χ2v) is 8.21. The number of aromatic nitrogens is 2. The molecule has 9 heteroatoms. The molecule has 0 spiro atoms. The Morgan fingerprint density at radius 2 is 1.66 bits per heavy atom. The molecule has 2 aliphatic rings. The van der Waals surface area contributed by atoms with Crippen LogP contribution in [0.2, 0.25) is 0 Å². The van der Waals surface area contributed by atoms with Crippen molar-refractivity contribution in [3.8, 4) is 0 Å². The summed E-state index contributed by atoms with van der Waals surface area (Å²) in [7, 11) is 0. The summed E-state index contributed by atoms with van der Waals surface area (Å²) in [5.41, 5.74) is -1.14. The van der Waals surface area contributed by atoms with E-state index >= 15 is 0 Å².